The molecule has 9 heavy (non-hydrogen) atoms. The third kappa shape index (κ3) is 1.38. The quantitative estimate of drug-likeness (QED) is 0.538. The second-order valence-electron chi connectivity index (χ2n) is 1.86. The highest BCUT2D eigenvalue weighted by Crippen LogP contribution is 1.96. The fourth-order valence-electron chi connectivity index (χ4n) is 0.593. The number of ketones is 1. The van der Waals surface area contributed by atoms with Crippen LogP contribution in [0.4, 0.5) is 0 Å². The van der Waals surface area contributed by atoms with Crippen molar-refractivity contribution >= 4 is 12.1 Å². The van der Waals surface area contributed by atoms with Crippen LogP contribution in [0.25, 0.3) is 0 Å². The van der Waals surface area contributed by atoms with Crippen molar-refractivity contribution in [2.75, 3.05) is 6.54 Å². The standard InChI is InChI=1S/C6H8N2O/c1-5(9)6-2-7-4-8-3-6/h2,4H,3H2,1H3,(H,7,8). The van der Waals surface area contributed by atoms with E-state index in [9.17, 15) is 4.79 Å². The van der Waals surface area contributed by atoms with Gasteiger partial charge in [-0.3, -0.25) is 9.79 Å². The van der Waals surface area contributed by atoms with Gasteiger partial charge in [-0.1, -0.05) is 0 Å². The summed E-state index contributed by atoms with van der Waals surface area (Å²) in [7, 11) is 0. The lowest BCUT2D eigenvalue weighted by molar-refractivity contribution is -0.113. The molecule has 0 radical (unpaired) electrons. The summed E-state index contributed by atoms with van der Waals surface area (Å²) < 4.78 is 0. The molecule has 3 heteroatoms. The Morgan fingerprint density at radius 3 is 3.00 bits per heavy atom. The molecule has 0 fully saturated rings. The van der Waals surface area contributed by atoms with Crippen LogP contribution in [-0.4, -0.2) is 18.7 Å². The highest BCUT2D eigenvalue weighted by atomic mass is 16.1. The molecule has 1 aliphatic heterocycles. The molecule has 0 saturated carbocycles. The summed E-state index contributed by atoms with van der Waals surface area (Å²) >= 11 is 0. The number of Topliss-reactive ketones (excluding diaryl/α,β-unsaturated/α-hetero) is 1. The molecule has 1 rings (SSSR count). The lowest BCUT2D eigenvalue weighted by atomic mass is 10.2. The first kappa shape index (κ1) is 6.01. The van der Waals surface area contributed by atoms with Gasteiger partial charge in [0.25, 0.3) is 0 Å². The maximum atomic E-state index is 10.6. The second-order valence-corrected chi connectivity index (χ2v) is 1.86. The van der Waals surface area contributed by atoms with Crippen LogP contribution in [0.3, 0.4) is 0 Å². The molecule has 48 valence electrons. The molecule has 0 aromatic carbocycles. The maximum absolute atomic E-state index is 10.6. The molecule has 3 nitrogen and oxygen atoms in total. The Hall–Kier alpha value is -1.12. The molecule has 0 unspecified atom stereocenters. The number of carbonyl (C=O) groups is 1. The third-order valence-corrected chi connectivity index (χ3v) is 1.14. The van der Waals surface area contributed by atoms with Gasteiger partial charge in [0.05, 0.1) is 12.9 Å². The van der Waals surface area contributed by atoms with Gasteiger partial charge in [-0.15, -0.1) is 0 Å². The predicted molar refractivity (Wildman–Crippen MR) is 35.3 cm³/mol. The zero-order chi connectivity index (χ0) is 6.69. The minimum atomic E-state index is 0.0827. The topological polar surface area (TPSA) is 41.5 Å². The van der Waals surface area contributed by atoms with Crippen LogP contribution in [0, 0.1) is 0 Å². The normalized spacial score (nSPS) is 16.3. The van der Waals surface area contributed by atoms with Crippen molar-refractivity contribution in [2.45, 2.75) is 6.92 Å². The average molecular weight is 124 g/mol. The molecule has 0 amide bonds. The monoisotopic (exact) mass is 124 g/mol. The zero-order valence-corrected chi connectivity index (χ0v) is 5.22. The van der Waals surface area contributed by atoms with Crippen molar-refractivity contribution in [1.82, 2.24) is 5.32 Å². The number of aliphatic imine (C=N–C) groups is 1. The molecule has 0 aliphatic carbocycles. The number of rotatable bonds is 1. The van der Waals surface area contributed by atoms with E-state index in [1.165, 1.54) is 6.92 Å². The van der Waals surface area contributed by atoms with Crippen LogP contribution in [0.2, 0.25) is 0 Å². The Morgan fingerprint density at radius 2 is 2.67 bits per heavy atom. The third-order valence-electron chi connectivity index (χ3n) is 1.14. The first-order valence-corrected chi connectivity index (χ1v) is 2.75. The molecular weight excluding hydrogens is 116 g/mol. The summed E-state index contributed by atoms with van der Waals surface area (Å²) in [5.41, 5.74) is 0.734. The minimum Gasteiger partial charge on any atom is -0.353 e. The fraction of sp³-hybridized carbons (Fsp3) is 0.333. The largest absolute Gasteiger partial charge is 0.353 e. The van der Waals surface area contributed by atoms with Gasteiger partial charge in [0.1, 0.15) is 0 Å². The molecule has 0 atom stereocenters. The summed E-state index contributed by atoms with van der Waals surface area (Å²) in [5, 5.41) is 2.74. The van der Waals surface area contributed by atoms with Crippen LogP contribution < -0.4 is 5.32 Å². The number of hydrogen-bond acceptors (Lipinski definition) is 3. The van der Waals surface area contributed by atoms with Crippen molar-refractivity contribution in [3.63, 3.8) is 0 Å². The number of nitrogens with zero attached hydrogens (tertiary/aromatic N) is 1. The molecule has 0 spiro atoms. The molecule has 1 N–H and O–H groups in total. The summed E-state index contributed by atoms with van der Waals surface area (Å²) in [6.45, 7) is 2.05. The van der Waals surface area contributed by atoms with Crippen LogP contribution in [0.15, 0.2) is 16.8 Å². The second kappa shape index (κ2) is 2.44. The van der Waals surface area contributed by atoms with Crippen LogP contribution in [0.1, 0.15) is 6.92 Å². The SMILES string of the molecule is CC(=O)C1=CNC=NC1. The summed E-state index contributed by atoms with van der Waals surface area (Å²) in [5.74, 6) is 0.0827. The Balaban J connectivity index is 2.61. The smallest absolute Gasteiger partial charge is 0.159 e. The lowest BCUT2D eigenvalue weighted by Gasteiger charge is -2.03. The Morgan fingerprint density at radius 1 is 1.89 bits per heavy atom. The van der Waals surface area contributed by atoms with Gasteiger partial charge in [0, 0.05) is 11.8 Å². The fourth-order valence-corrected chi connectivity index (χ4v) is 0.593. The van der Waals surface area contributed by atoms with Gasteiger partial charge in [-0.05, 0) is 6.92 Å². The van der Waals surface area contributed by atoms with Gasteiger partial charge in [0.15, 0.2) is 5.78 Å². The van der Waals surface area contributed by atoms with Crippen LogP contribution in [0.5, 0.6) is 0 Å². The van der Waals surface area contributed by atoms with E-state index >= 15 is 0 Å². The van der Waals surface area contributed by atoms with E-state index in [1.54, 1.807) is 12.5 Å². The van der Waals surface area contributed by atoms with Crippen LogP contribution in [-0.2, 0) is 4.79 Å². The van der Waals surface area contributed by atoms with E-state index in [4.69, 9.17) is 0 Å². The lowest BCUT2D eigenvalue weighted by Crippen LogP contribution is -2.14. The highest BCUT2D eigenvalue weighted by molar-refractivity contribution is 5.94. The molecule has 1 heterocycles. The minimum absolute atomic E-state index is 0.0827. The van der Waals surface area contributed by atoms with E-state index in [0.29, 0.717) is 6.54 Å². The number of carbonyl (C=O) groups excluding carboxylic acids is 1. The van der Waals surface area contributed by atoms with Crippen molar-refractivity contribution < 1.29 is 4.79 Å². The van der Waals surface area contributed by atoms with E-state index in [1.807, 2.05) is 0 Å². The van der Waals surface area contributed by atoms with Gasteiger partial charge >= 0.3 is 0 Å². The Bertz CT molecular complexity index is 181. The number of nitrogens with one attached hydrogen (secondary N) is 1. The van der Waals surface area contributed by atoms with Gasteiger partial charge in [0.2, 0.25) is 0 Å². The van der Waals surface area contributed by atoms with Crippen molar-refractivity contribution in [2.24, 2.45) is 4.99 Å². The molecule has 0 aromatic heterocycles. The van der Waals surface area contributed by atoms with Gasteiger partial charge < -0.3 is 5.32 Å². The predicted octanol–water partition coefficient (Wildman–Crippen LogP) is 0.0908. The summed E-state index contributed by atoms with van der Waals surface area (Å²) in [4.78, 5) is 14.5. The van der Waals surface area contributed by atoms with E-state index in [-0.39, 0.29) is 5.78 Å². The first-order valence-electron chi connectivity index (χ1n) is 2.75. The summed E-state index contributed by atoms with van der Waals surface area (Å²) in [6, 6.07) is 0. The molecule has 0 bridgehead atoms. The Kier molecular flexibility index (Phi) is 1.63. The summed E-state index contributed by atoms with van der Waals surface area (Å²) in [6.07, 6.45) is 3.25. The Labute approximate surface area is 53.5 Å². The number of hydrogen-bond donors (Lipinski definition) is 1. The van der Waals surface area contributed by atoms with Gasteiger partial charge in [-0.2, -0.15) is 0 Å². The van der Waals surface area contributed by atoms with E-state index in [0.717, 1.165) is 5.57 Å². The van der Waals surface area contributed by atoms with Crippen molar-refractivity contribution in [1.29, 1.82) is 0 Å². The van der Waals surface area contributed by atoms with E-state index < -0.39 is 0 Å². The van der Waals surface area contributed by atoms with Crippen molar-refractivity contribution in [3.8, 4) is 0 Å². The first-order chi connectivity index (χ1) is 4.30. The van der Waals surface area contributed by atoms with Crippen LogP contribution >= 0.6 is 0 Å². The van der Waals surface area contributed by atoms with E-state index in [2.05, 4.69) is 10.3 Å². The molecule has 0 saturated heterocycles. The van der Waals surface area contributed by atoms with Crippen molar-refractivity contribution in [3.05, 3.63) is 11.8 Å². The van der Waals surface area contributed by atoms with Gasteiger partial charge in [-0.25, -0.2) is 0 Å². The molecular formula is C6H8N2O. The maximum Gasteiger partial charge on any atom is 0.159 e. The average Bonchev–Trinajstić information content (AvgIpc) is 1.90. The molecule has 1 aliphatic rings. The molecule has 0 aromatic rings. The highest BCUT2D eigenvalue weighted by Gasteiger charge is 2.02. The zero-order valence-electron chi connectivity index (χ0n) is 5.22.